The molecule has 0 saturated heterocycles. The second-order valence-electron chi connectivity index (χ2n) is 17.0. The van der Waals surface area contributed by atoms with Crippen LogP contribution in [0, 0.1) is 50.2 Å². The molecule has 1 aromatic carbocycles. The predicted octanol–water partition coefficient (Wildman–Crippen LogP) is 6.95. The zero-order chi connectivity index (χ0) is 30.5. The molecule has 0 unspecified atom stereocenters. The summed E-state index contributed by atoms with van der Waals surface area (Å²) in [6, 6.07) is 9.12. The molecule has 232 valence electrons. The van der Waals surface area contributed by atoms with Gasteiger partial charge in [0.15, 0.2) is 0 Å². The van der Waals surface area contributed by atoms with E-state index in [1.54, 1.807) is 12.1 Å². The van der Waals surface area contributed by atoms with Gasteiger partial charge in [-0.15, -0.1) is 0 Å². The van der Waals surface area contributed by atoms with Crippen LogP contribution in [0.5, 0.6) is 0 Å². The molecule has 0 heterocycles. The van der Waals surface area contributed by atoms with Gasteiger partial charge < -0.3 is 20.1 Å². The van der Waals surface area contributed by atoms with Crippen molar-refractivity contribution in [1.82, 2.24) is 0 Å². The number of ether oxygens (including phenoxy) is 1. The third kappa shape index (κ3) is 3.94. The first kappa shape index (κ1) is 30.3. The molecule has 42 heavy (non-hydrogen) atoms. The number of rotatable bonds is 3. The number of hydrogen-bond donors (Lipinski definition) is 3. The van der Waals surface area contributed by atoms with Crippen molar-refractivity contribution in [2.45, 2.75) is 118 Å². The Balaban J connectivity index is 1.36. The van der Waals surface area contributed by atoms with E-state index < -0.39 is 17.6 Å². The second-order valence-corrected chi connectivity index (χ2v) is 17.0. The second kappa shape index (κ2) is 9.65. The van der Waals surface area contributed by atoms with Crippen LogP contribution in [0.1, 0.15) is 110 Å². The average Bonchev–Trinajstić information content (AvgIpc) is 2.93. The van der Waals surface area contributed by atoms with Crippen molar-refractivity contribution in [1.29, 1.82) is 0 Å². The molecule has 0 amide bonds. The fraction of sp³-hybridized carbons (Fsp3) is 0.757. The molecule has 4 fully saturated rings. The van der Waals surface area contributed by atoms with Crippen LogP contribution in [-0.2, 0) is 4.74 Å². The van der Waals surface area contributed by atoms with E-state index in [4.69, 9.17) is 4.74 Å². The summed E-state index contributed by atoms with van der Waals surface area (Å²) in [5, 5.41) is 34.2. The van der Waals surface area contributed by atoms with Gasteiger partial charge in [-0.2, -0.15) is 0 Å². The lowest BCUT2D eigenvalue weighted by atomic mass is 9.33. The normalized spacial score (nSPS) is 47.1. The molecule has 5 aliphatic carbocycles. The summed E-state index contributed by atoms with van der Waals surface area (Å²) in [5.41, 5.74) is 0.791. The smallest absolute Gasteiger partial charge is 0.338 e. The van der Waals surface area contributed by atoms with Gasteiger partial charge >= 0.3 is 5.97 Å². The molecule has 3 N–H and O–H groups in total. The first-order chi connectivity index (χ1) is 19.6. The van der Waals surface area contributed by atoms with Crippen LogP contribution in [0.25, 0.3) is 0 Å². The Morgan fingerprint density at radius 1 is 0.881 bits per heavy atom. The highest BCUT2D eigenvalue weighted by atomic mass is 16.5. The molecule has 0 radical (unpaired) electrons. The Morgan fingerprint density at radius 3 is 2.24 bits per heavy atom. The molecular weight excluding hydrogens is 524 g/mol. The van der Waals surface area contributed by atoms with E-state index in [0.29, 0.717) is 30.2 Å². The average molecular weight is 579 g/mol. The number of aliphatic hydroxyl groups excluding tert-OH is 3. The van der Waals surface area contributed by atoms with Gasteiger partial charge in [0.25, 0.3) is 0 Å². The van der Waals surface area contributed by atoms with Gasteiger partial charge in [0, 0.05) is 10.8 Å². The number of carbonyl (C=O) groups excluding carboxylic acids is 1. The molecule has 4 saturated carbocycles. The fourth-order valence-electron chi connectivity index (χ4n) is 11.7. The molecule has 6 rings (SSSR count). The molecule has 10 atom stereocenters. The molecule has 1 aromatic rings. The van der Waals surface area contributed by atoms with Gasteiger partial charge in [0.1, 0.15) is 6.10 Å². The summed E-state index contributed by atoms with van der Waals surface area (Å²) < 4.78 is 6.18. The number of esters is 1. The highest BCUT2D eigenvalue weighted by Crippen LogP contribution is 2.75. The van der Waals surface area contributed by atoms with E-state index in [9.17, 15) is 20.1 Å². The van der Waals surface area contributed by atoms with Gasteiger partial charge in [0.05, 0.1) is 24.4 Å². The van der Waals surface area contributed by atoms with Gasteiger partial charge in [-0.1, -0.05) is 78.3 Å². The highest BCUT2D eigenvalue weighted by molar-refractivity contribution is 5.89. The molecular formula is C37H54O5. The van der Waals surface area contributed by atoms with Crippen LogP contribution >= 0.6 is 0 Å². The van der Waals surface area contributed by atoms with Crippen LogP contribution in [0.3, 0.4) is 0 Å². The van der Waals surface area contributed by atoms with E-state index in [0.717, 1.165) is 38.5 Å². The lowest BCUT2D eigenvalue weighted by molar-refractivity contribution is -0.225. The van der Waals surface area contributed by atoms with Crippen LogP contribution in [0.2, 0.25) is 0 Å². The summed E-state index contributed by atoms with van der Waals surface area (Å²) >= 11 is 0. The van der Waals surface area contributed by atoms with Crippen molar-refractivity contribution in [2.75, 3.05) is 6.61 Å². The molecule has 0 aromatic heterocycles. The molecule has 5 aliphatic rings. The number of aliphatic hydroxyl groups is 3. The first-order valence-electron chi connectivity index (χ1n) is 16.5. The fourth-order valence-corrected chi connectivity index (χ4v) is 11.7. The number of hydrogen-bond acceptors (Lipinski definition) is 5. The van der Waals surface area contributed by atoms with Crippen molar-refractivity contribution >= 4 is 5.97 Å². The van der Waals surface area contributed by atoms with Crippen molar-refractivity contribution in [3.05, 3.63) is 47.5 Å². The molecule has 0 spiro atoms. The maximum absolute atomic E-state index is 13.2. The summed E-state index contributed by atoms with van der Waals surface area (Å²) in [4.78, 5) is 13.2. The number of fused-ring (bicyclic) bond motifs is 7. The quantitative estimate of drug-likeness (QED) is 0.267. The van der Waals surface area contributed by atoms with Crippen molar-refractivity contribution in [3.63, 3.8) is 0 Å². The number of carbonyl (C=O) groups is 1. The Kier molecular flexibility index (Phi) is 6.97. The van der Waals surface area contributed by atoms with Gasteiger partial charge in [-0.3, -0.25) is 0 Å². The zero-order valence-corrected chi connectivity index (χ0v) is 27.0. The van der Waals surface area contributed by atoms with E-state index >= 15 is 0 Å². The summed E-state index contributed by atoms with van der Waals surface area (Å²) in [7, 11) is 0. The summed E-state index contributed by atoms with van der Waals surface area (Å²) in [5.74, 6) is 0.650. The van der Waals surface area contributed by atoms with E-state index in [1.165, 1.54) is 5.57 Å². The van der Waals surface area contributed by atoms with Crippen LogP contribution in [0.4, 0.5) is 0 Å². The monoisotopic (exact) mass is 578 g/mol. The summed E-state index contributed by atoms with van der Waals surface area (Å²) in [6.45, 7) is 16.2. The standard InChI is InChI=1S/C37H54O5/c1-32(2)19-25-24-13-14-27-34(5)17-16-28(39)33(3,4)26(34)15-18-35(27,6)36(24,7)20-29(40)37(25,22-38)21-30(32)42-31(41)23-11-9-8-10-12-23/h8-13,25-30,38-40H,14-22H2,1-7H3/t25-,26-,27+,28-,29-,30-,34-,35+,36+,37+/m0/s1. The minimum Gasteiger partial charge on any atom is -0.458 e. The van der Waals surface area contributed by atoms with Gasteiger partial charge in [-0.25, -0.2) is 4.79 Å². The Bertz CT molecular complexity index is 1250. The van der Waals surface area contributed by atoms with Crippen LogP contribution in [0.15, 0.2) is 42.0 Å². The Morgan fingerprint density at radius 2 is 1.57 bits per heavy atom. The molecule has 0 bridgehead atoms. The van der Waals surface area contributed by atoms with Crippen molar-refractivity contribution in [3.8, 4) is 0 Å². The van der Waals surface area contributed by atoms with E-state index in [1.807, 2.05) is 18.2 Å². The van der Waals surface area contributed by atoms with Gasteiger partial charge in [-0.05, 0) is 103 Å². The molecule has 0 aliphatic heterocycles. The topological polar surface area (TPSA) is 87.0 Å². The Labute approximate surface area is 253 Å². The SMILES string of the molecule is CC1(C)C[C@H]2C3=CC[C@@H]4[C@@]5(C)CC[C@H](O)C(C)(C)[C@@H]5CC[C@@]4(C)[C@]3(C)C[C@H](O)[C@@]2(CO)C[C@@H]1OC(=O)c1ccccc1. The van der Waals surface area contributed by atoms with E-state index in [2.05, 4.69) is 54.5 Å². The van der Waals surface area contributed by atoms with Gasteiger partial charge in [0.2, 0.25) is 0 Å². The lowest BCUT2D eigenvalue weighted by Crippen LogP contribution is -2.68. The first-order valence-corrected chi connectivity index (χ1v) is 16.5. The maximum atomic E-state index is 13.2. The van der Waals surface area contributed by atoms with Crippen molar-refractivity contribution in [2.24, 2.45) is 50.2 Å². The number of benzene rings is 1. The van der Waals surface area contributed by atoms with E-state index in [-0.39, 0.29) is 51.7 Å². The number of allylic oxidation sites excluding steroid dienone is 2. The maximum Gasteiger partial charge on any atom is 0.338 e. The molecule has 5 nitrogen and oxygen atoms in total. The third-order valence-corrected chi connectivity index (χ3v) is 14.6. The lowest BCUT2D eigenvalue weighted by Gasteiger charge is -2.72. The van der Waals surface area contributed by atoms with Crippen LogP contribution < -0.4 is 0 Å². The summed E-state index contributed by atoms with van der Waals surface area (Å²) in [6.07, 6.45) is 8.15. The Hall–Kier alpha value is -1.69. The molecule has 5 heteroatoms. The zero-order valence-electron chi connectivity index (χ0n) is 27.0. The highest BCUT2D eigenvalue weighted by Gasteiger charge is 2.70. The van der Waals surface area contributed by atoms with Crippen molar-refractivity contribution < 1.29 is 24.9 Å². The third-order valence-electron chi connectivity index (χ3n) is 14.6. The van der Waals surface area contributed by atoms with Crippen LogP contribution in [-0.4, -0.2) is 46.2 Å². The minimum absolute atomic E-state index is 0.0179. The largest absolute Gasteiger partial charge is 0.458 e. The minimum atomic E-state index is -0.732. The predicted molar refractivity (Wildman–Crippen MR) is 165 cm³/mol.